The molecule has 0 radical (unpaired) electrons. The molecule has 2 unspecified atom stereocenters. The summed E-state index contributed by atoms with van der Waals surface area (Å²) in [5.74, 6) is -0.581. The third-order valence-corrected chi connectivity index (χ3v) is 8.77. The summed E-state index contributed by atoms with van der Waals surface area (Å²) in [6, 6.07) is 1.21. The second kappa shape index (κ2) is 9.44. The molecule has 4 saturated heterocycles. The van der Waals surface area contributed by atoms with E-state index in [2.05, 4.69) is 30.2 Å². The van der Waals surface area contributed by atoms with Crippen molar-refractivity contribution in [2.75, 3.05) is 37.7 Å². The Hall–Kier alpha value is -3.19. The van der Waals surface area contributed by atoms with Gasteiger partial charge in [0.2, 0.25) is 0 Å². The van der Waals surface area contributed by atoms with Crippen LogP contribution in [-0.4, -0.2) is 81.4 Å². The second-order valence-electron chi connectivity index (χ2n) is 11.3. The molecule has 13 heteroatoms. The highest BCUT2D eigenvalue weighted by atomic mass is 19.4. The zero-order valence-corrected chi connectivity index (χ0v) is 21.6. The van der Waals surface area contributed by atoms with Crippen LogP contribution in [0, 0.1) is 5.82 Å². The van der Waals surface area contributed by atoms with Crippen molar-refractivity contribution in [3.8, 4) is 17.3 Å². The normalized spacial score (nSPS) is 28.4. The summed E-state index contributed by atoms with van der Waals surface area (Å²) in [5, 5.41) is 3.83. The molecule has 4 fully saturated rings. The van der Waals surface area contributed by atoms with E-state index >= 15 is 4.39 Å². The van der Waals surface area contributed by atoms with Gasteiger partial charge in [-0.1, -0.05) is 0 Å². The van der Waals surface area contributed by atoms with E-state index in [9.17, 15) is 17.6 Å². The van der Waals surface area contributed by atoms with E-state index in [1.54, 1.807) is 0 Å². The van der Waals surface area contributed by atoms with Crippen molar-refractivity contribution < 1.29 is 26.7 Å². The number of hydrogen-bond donors (Lipinski definition) is 1. The summed E-state index contributed by atoms with van der Waals surface area (Å²) < 4.78 is 77.7. The molecule has 3 aromatic rings. The molecule has 4 aliphatic heterocycles. The quantitative estimate of drug-likeness (QED) is 0.466. The molecule has 0 spiro atoms. The van der Waals surface area contributed by atoms with E-state index in [0.717, 1.165) is 50.7 Å². The van der Waals surface area contributed by atoms with Gasteiger partial charge in [-0.05, 0) is 38.3 Å². The zero-order chi connectivity index (χ0) is 27.6. The van der Waals surface area contributed by atoms with Crippen molar-refractivity contribution >= 4 is 16.7 Å². The number of anilines is 1. The fraction of sp³-hybridized carbons (Fsp3) is 0.556. The third-order valence-electron chi connectivity index (χ3n) is 8.77. The van der Waals surface area contributed by atoms with Crippen LogP contribution in [0.5, 0.6) is 6.01 Å². The number of piperazine rings is 1. The van der Waals surface area contributed by atoms with E-state index in [1.807, 2.05) is 4.90 Å². The van der Waals surface area contributed by atoms with E-state index in [0.29, 0.717) is 31.9 Å². The minimum absolute atomic E-state index is 0.0878. The van der Waals surface area contributed by atoms with Gasteiger partial charge in [0.05, 0.1) is 16.5 Å². The lowest BCUT2D eigenvalue weighted by Crippen LogP contribution is -2.51. The van der Waals surface area contributed by atoms with Crippen LogP contribution >= 0.6 is 0 Å². The van der Waals surface area contributed by atoms with E-state index < -0.39 is 40.5 Å². The first-order valence-electron chi connectivity index (χ1n) is 13.6. The van der Waals surface area contributed by atoms with Crippen molar-refractivity contribution in [3.05, 3.63) is 36.0 Å². The van der Waals surface area contributed by atoms with Crippen LogP contribution in [0.2, 0.25) is 0 Å². The number of ether oxygens (including phenoxy) is 1. The number of alkyl halides is 4. The molecule has 4 atom stereocenters. The molecule has 1 N–H and O–H groups in total. The molecule has 7 rings (SSSR count). The number of fused-ring (bicyclic) bond motifs is 4. The highest BCUT2D eigenvalue weighted by molar-refractivity contribution is 5.92. The molecule has 0 amide bonds. The van der Waals surface area contributed by atoms with Crippen molar-refractivity contribution in [1.29, 1.82) is 0 Å². The molecular weight excluding hydrogens is 533 g/mol. The Morgan fingerprint density at radius 3 is 2.67 bits per heavy atom. The molecule has 2 bridgehead atoms. The van der Waals surface area contributed by atoms with Crippen molar-refractivity contribution in [3.63, 3.8) is 0 Å². The second-order valence-corrected chi connectivity index (χ2v) is 11.3. The average Bonchev–Trinajstić information content (AvgIpc) is 3.57. The monoisotopic (exact) mass is 561 g/mol. The zero-order valence-electron chi connectivity index (χ0n) is 21.6. The van der Waals surface area contributed by atoms with E-state index in [-0.39, 0.29) is 35.6 Å². The van der Waals surface area contributed by atoms with Gasteiger partial charge < -0.3 is 15.0 Å². The molecule has 212 valence electrons. The lowest BCUT2D eigenvalue weighted by Gasteiger charge is -2.34. The molecule has 0 saturated carbocycles. The fourth-order valence-corrected chi connectivity index (χ4v) is 6.96. The summed E-state index contributed by atoms with van der Waals surface area (Å²) in [6.07, 6.45) is 1.68. The minimum Gasteiger partial charge on any atom is -0.461 e. The maximum Gasteiger partial charge on any atom is 0.417 e. The van der Waals surface area contributed by atoms with Crippen LogP contribution in [0.1, 0.15) is 37.7 Å². The molecule has 4 aliphatic rings. The molecule has 40 heavy (non-hydrogen) atoms. The average molecular weight is 562 g/mol. The van der Waals surface area contributed by atoms with Crippen molar-refractivity contribution in [2.45, 2.75) is 62.1 Å². The van der Waals surface area contributed by atoms with Gasteiger partial charge in [0, 0.05) is 62.3 Å². The van der Waals surface area contributed by atoms with Crippen LogP contribution in [0.25, 0.3) is 22.2 Å². The molecule has 0 aromatic carbocycles. The maximum atomic E-state index is 16.1. The molecule has 7 heterocycles. The van der Waals surface area contributed by atoms with Crippen molar-refractivity contribution in [2.24, 2.45) is 0 Å². The molecule has 8 nitrogen and oxygen atoms in total. The van der Waals surface area contributed by atoms with Crippen LogP contribution in [-0.2, 0) is 6.18 Å². The summed E-state index contributed by atoms with van der Waals surface area (Å²) in [5.41, 5.74) is -2.66. The lowest BCUT2D eigenvalue weighted by molar-refractivity contribution is -0.137. The Morgan fingerprint density at radius 1 is 1.10 bits per heavy atom. The Bertz CT molecular complexity index is 1440. The third kappa shape index (κ3) is 4.33. The first-order chi connectivity index (χ1) is 19.2. The first kappa shape index (κ1) is 25.8. The van der Waals surface area contributed by atoms with Gasteiger partial charge in [0.25, 0.3) is 0 Å². The number of hydrogen-bond acceptors (Lipinski definition) is 8. The topological polar surface area (TPSA) is 79.3 Å². The molecule has 0 aliphatic carbocycles. The number of pyridine rings is 2. The SMILES string of the molecule is Fc1c(-c2cnccc2C(F)(F)F)ncc2c(N3C[C@H]4CC[C@@H](C3)N4)nc(OCC34CCCN3CC(F)C4)nc12. The van der Waals surface area contributed by atoms with Gasteiger partial charge in [-0.15, -0.1) is 0 Å². The van der Waals surface area contributed by atoms with E-state index in [4.69, 9.17) is 4.74 Å². The van der Waals surface area contributed by atoms with Gasteiger partial charge in [0.1, 0.15) is 29.8 Å². The largest absolute Gasteiger partial charge is 0.461 e. The van der Waals surface area contributed by atoms with Gasteiger partial charge >= 0.3 is 12.2 Å². The summed E-state index contributed by atoms with van der Waals surface area (Å²) in [4.78, 5) is 21.1. The smallest absolute Gasteiger partial charge is 0.417 e. The molecular formula is C27H28F5N7O. The first-order valence-corrected chi connectivity index (χ1v) is 13.6. The minimum atomic E-state index is -4.73. The van der Waals surface area contributed by atoms with Crippen LogP contribution in [0.3, 0.4) is 0 Å². The fourth-order valence-electron chi connectivity index (χ4n) is 6.96. The van der Waals surface area contributed by atoms with Crippen LogP contribution in [0.15, 0.2) is 24.7 Å². The molecule has 3 aromatic heterocycles. The Labute approximate surface area is 227 Å². The lowest BCUT2D eigenvalue weighted by atomic mass is 9.95. The van der Waals surface area contributed by atoms with Gasteiger partial charge in [-0.3, -0.25) is 14.9 Å². The van der Waals surface area contributed by atoms with Crippen molar-refractivity contribution in [1.82, 2.24) is 30.2 Å². The number of rotatable bonds is 5. The predicted octanol–water partition coefficient (Wildman–Crippen LogP) is 4.14. The number of nitrogens with zero attached hydrogens (tertiary/aromatic N) is 6. The van der Waals surface area contributed by atoms with Gasteiger partial charge in [-0.25, -0.2) is 8.78 Å². The summed E-state index contributed by atoms with van der Waals surface area (Å²) >= 11 is 0. The standard InChI is InChI=1S/C27H28F5N7O/c28-15-8-26(5-1-7-39(26)11-15)14-40-25-36-23-19(24(37-25)38-12-16-2-3-17(13-38)35-16)10-34-22(21(23)29)18-9-33-6-4-20(18)27(30,31)32/h4,6,9-10,15-17,35H,1-3,5,7-8,11-14H2/t15?,16-,17+,26?. The van der Waals surface area contributed by atoms with Gasteiger partial charge in [-0.2, -0.15) is 23.1 Å². The summed E-state index contributed by atoms with van der Waals surface area (Å²) in [7, 11) is 0. The van der Waals surface area contributed by atoms with Crippen LogP contribution in [0.4, 0.5) is 27.8 Å². The number of aromatic nitrogens is 4. The Morgan fingerprint density at radius 2 is 1.90 bits per heavy atom. The maximum absolute atomic E-state index is 16.1. The highest BCUT2D eigenvalue weighted by Gasteiger charge is 2.49. The Kier molecular flexibility index (Phi) is 6.08. The Balaban J connectivity index is 1.32. The van der Waals surface area contributed by atoms with E-state index in [1.165, 1.54) is 6.20 Å². The van der Waals surface area contributed by atoms with Gasteiger partial charge in [0.15, 0.2) is 5.82 Å². The summed E-state index contributed by atoms with van der Waals surface area (Å²) in [6.45, 7) is 2.55. The highest BCUT2D eigenvalue weighted by Crippen LogP contribution is 2.42. The predicted molar refractivity (Wildman–Crippen MR) is 136 cm³/mol. The number of halogens is 5. The van der Waals surface area contributed by atoms with Crippen LogP contribution < -0.4 is 15.0 Å². The number of nitrogens with one attached hydrogen (secondary N) is 1.